The maximum atomic E-state index is 12.2. The molecule has 1 aliphatic heterocycles. The lowest BCUT2D eigenvalue weighted by atomic mass is 10.3. The first-order valence-corrected chi connectivity index (χ1v) is 8.91. The molecule has 2 aromatic rings. The Morgan fingerprint density at radius 3 is 2.83 bits per heavy atom. The third-order valence-corrected chi connectivity index (χ3v) is 4.61. The molecule has 0 spiro atoms. The molecule has 0 aromatic carbocycles. The van der Waals surface area contributed by atoms with Crippen molar-refractivity contribution in [2.75, 3.05) is 34.8 Å². The second-order valence-corrected chi connectivity index (χ2v) is 6.78. The quantitative estimate of drug-likeness (QED) is 0.895. The molecule has 3 heterocycles. The van der Waals surface area contributed by atoms with E-state index in [1.54, 1.807) is 18.3 Å². The van der Waals surface area contributed by atoms with Crippen LogP contribution < -0.4 is 15.8 Å². The summed E-state index contributed by atoms with van der Waals surface area (Å²) < 4.78 is 1.20. The first kappa shape index (κ1) is 16.5. The summed E-state index contributed by atoms with van der Waals surface area (Å²) in [6.45, 7) is 3.58. The van der Waals surface area contributed by atoms with E-state index >= 15 is 0 Å². The fourth-order valence-electron chi connectivity index (χ4n) is 2.44. The molecule has 8 heteroatoms. The summed E-state index contributed by atoms with van der Waals surface area (Å²) in [6, 6.07) is 6.80. The van der Waals surface area contributed by atoms with E-state index in [1.807, 2.05) is 24.8 Å². The molecule has 7 nitrogen and oxygen atoms in total. The number of nitrogens with zero attached hydrogens (tertiary/aromatic N) is 4. The van der Waals surface area contributed by atoms with E-state index in [4.69, 9.17) is 0 Å². The third-order valence-electron chi connectivity index (χ3n) is 3.66. The Bertz CT molecular complexity index is 786. The minimum Gasteiger partial charge on any atom is -0.354 e. The van der Waals surface area contributed by atoms with Crippen molar-refractivity contribution in [3.8, 4) is 0 Å². The topological polar surface area (TPSA) is 80.1 Å². The molecule has 1 N–H and O–H groups in total. The summed E-state index contributed by atoms with van der Waals surface area (Å²) >= 11 is 1.90. The van der Waals surface area contributed by atoms with Gasteiger partial charge in [0, 0.05) is 36.9 Å². The van der Waals surface area contributed by atoms with Crippen molar-refractivity contribution < 1.29 is 4.79 Å². The summed E-state index contributed by atoms with van der Waals surface area (Å²) in [6.07, 6.45) is 1.63. The largest absolute Gasteiger partial charge is 0.354 e. The summed E-state index contributed by atoms with van der Waals surface area (Å²) in [5.74, 6) is 2.96. The summed E-state index contributed by atoms with van der Waals surface area (Å²) in [7, 11) is 0. The summed E-state index contributed by atoms with van der Waals surface area (Å²) in [5.41, 5.74) is 0.707. The molecule has 0 unspecified atom stereocenters. The predicted molar refractivity (Wildman–Crippen MR) is 95.6 cm³/mol. The minimum absolute atomic E-state index is 0.134. The van der Waals surface area contributed by atoms with E-state index in [2.05, 4.69) is 20.3 Å². The second kappa shape index (κ2) is 7.48. The number of pyridine rings is 1. The van der Waals surface area contributed by atoms with Gasteiger partial charge in [0.15, 0.2) is 0 Å². The molecule has 0 radical (unpaired) electrons. The number of thioether (sulfide) groups is 1. The summed E-state index contributed by atoms with van der Waals surface area (Å²) in [4.78, 5) is 30.4. The van der Waals surface area contributed by atoms with Crippen LogP contribution in [0.2, 0.25) is 0 Å². The number of aromatic nitrogens is 3. The Kier molecular flexibility index (Phi) is 5.14. The maximum Gasteiger partial charge on any atom is 0.267 e. The van der Waals surface area contributed by atoms with Crippen LogP contribution in [0.15, 0.2) is 35.3 Å². The fourth-order valence-corrected chi connectivity index (χ4v) is 3.34. The Balaban J connectivity index is 1.71. The van der Waals surface area contributed by atoms with Gasteiger partial charge in [-0.2, -0.15) is 16.9 Å². The van der Waals surface area contributed by atoms with Crippen molar-refractivity contribution in [1.29, 1.82) is 0 Å². The second-order valence-electron chi connectivity index (χ2n) is 5.55. The normalized spacial score (nSPS) is 14.5. The van der Waals surface area contributed by atoms with Gasteiger partial charge in [-0.05, 0) is 30.7 Å². The maximum absolute atomic E-state index is 12.2. The van der Waals surface area contributed by atoms with Crippen molar-refractivity contribution in [2.45, 2.75) is 13.5 Å². The molecule has 1 aliphatic rings. The van der Waals surface area contributed by atoms with Crippen LogP contribution in [0.4, 0.5) is 11.6 Å². The van der Waals surface area contributed by atoms with E-state index in [0.717, 1.165) is 36.0 Å². The van der Waals surface area contributed by atoms with E-state index < -0.39 is 0 Å². The van der Waals surface area contributed by atoms with Crippen LogP contribution in [-0.4, -0.2) is 45.3 Å². The number of amides is 1. The lowest BCUT2D eigenvalue weighted by molar-refractivity contribution is -0.117. The number of carbonyl (C=O) groups is 1. The Hall–Kier alpha value is -2.35. The van der Waals surface area contributed by atoms with Crippen LogP contribution in [0.3, 0.4) is 0 Å². The van der Waals surface area contributed by atoms with Crippen molar-refractivity contribution in [2.24, 2.45) is 0 Å². The highest BCUT2D eigenvalue weighted by molar-refractivity contribution is 7.99. The molecule has 2 aromatic heterocycles. The van der Waals surface area contributed by atoms with Gasteiger partial charge in [0.2, 0.25) is 5.91 Å². The number of anilines is 2. The number of hydrogen-bond acceptors (Lipinski definition) is 6. The van der Waals surface area contributed by atoms with Crippen molar-refractivity contribution in [3.05, 3.63) is 46.4 Å². The molecule has 1 fully saturated rings. The molecule has 0 bridgehead atoms. The van der Waals surface area contributed by atoms with Gasteiger partial charge in [-0.1, -0.05) is 0 Å². The van der Waals surface area contributed by atoms with Gasteiger partial charge in [-0.25, -0.2) is 9.67 Å². The Morgan fingerprint density at radius 1 is 1.29 bits per heavy atom. The van der Waals surface area contributed by atoms with Crippen LogP contribution >= 0.6 is 11.8 Å². The number of rotatable bonds is 4. The molecule has 1 amide bonds. The molecule has 1 saturated heterocycles. The highest BCUT2D eigenvalue weighted by Crippen LogP contribution is 2.15. The molecule has 0 aliphatic carbocycles. The SMILES string of the molecule is Cc1ccnc(NC(=O)Cn2nc(N3CCSCC3)ccc2=O)c1. The van der Waals surface area contributed by atoms with Crippen molar-refractivity contribution >= 4 is 29.3 Å². The molecule has 24 heavy (non-hydrogen) atoms. The van der Waals surface area contributed by atoms with Gasteiger partial charge in [-0.3, -0.25) is 9.59 Å². The monoisotopic (exact) mass is 345 g/mol. The standard InChI is InChI=1S/C16H19N5O2S/c1-12-4-5-17-13(10-12)18-15(22)11-21-16(23)3-2-14(19-21)20-6-8-24-9-7-20/h2-5,10H,6-9,11H2,1H3,(H,17,18,22). The molecular weight excluding hydrogens is 326 g/mol. The van der Waals surface area contributed by atoms with Gasteiger partial charge in [0.1, 0.15) is 18.2 Å². The highest BCUT2D eigenvalue weighted by atomic mass is 32.2. The predicted octanol–water partition coefficient (Wildman–Crippen LogP) is 1.14. The zero-order valence-electron chi connectivity index (χ0n) is 13.4. The lowest BCUT2D eigenvalue weighted by Crippen LogP contribution is -2.36. The van der Waals surface area contributed by atoms with Gasteiger partial charge in [-0.15, -0.1) is 0 Å². The molecule has 0 atom stereocenters. The number of nitrogens with one attached hydrogen (secondary N) is 1. The molecule has 3 rings (SSSR count). The Morgan fingerprint density at radius 2 is 2.08 bits per heavy atom. The zero-order chi connectivity index (χ0) is 16.9. The van der Waals surface area contributed by atoms with Crippen LogP contribution in [0, 0.1) is 6.92 Å². The third kappa shape index (κ3) is 4.14. The van der Waals surface area contributed by atoms with Gasteiger partial charge >= 0.3 is 0 Å². The van der Waals surface area contributed by atoms with Gasteiger partial charge in [0.05, 0.1) is 0 Å². The minimum atomic E-state index is -0.325. The van der Waals surface area contributed by atoms with Crippen LogP contribution in [0.1, 0.15) is 5.56 Å². The van der Waals surface area contributed by atoms with E-state index in [0.29, 0.717) is 5.82 Å². The molecular formula is C16H19N5O2S. The van der Waals surface area contributed by atoms with Crippen LogP contribution in [0.5, 0.6) is 0 Å². The molecule has 0 saturated carbocycles. The fraction of sp³-hybridized carbons (Fsp3) is 0.375. The summed E-state index contributed by atoms with van der Waals surface area (Å²) in [5, 5.41) is 7.03. The number of aryl methyl sites for hydroxylation is 1. The van der Waals surface area contributed by atoms with E-state index in [-0.39, 0.29) is 18.0 Å². The average molecular weight is 345 g/mol. The first-order chi connectivity index (χ1) is 11.6. The van der Waals surface area contributed by atoms with Crippen molar-refractivity contribution in [3.63, 3.8) is 0 Å². The van der Waals surface area contributed by atoms with E-state index in [9.17, 15) is 9.59 Å². The lowest BCUT2D eigenvalue weighted by Gasteiger charge is -2.27. The zero-order valence-corrected chi connectivity index (χ0v) is 14.3. The first-order valence-electron chi connectivity index (χ1n) is 7.75. The van der Waals surface area contributed by atoms with E-state index in [1.165, 1.54) is 10.7 Å². The van der Waals surface area contributed by atoms with Crippen LogP contribution in [0.25, 0.3) is 0 Å². The van der Waals surface area contributed by atoms with Crippen molar-refractivity contribution in [1.82, 2.24) is 14.8 Å². The number of carbonyl (C=O) groups excluding carboxylic acids is 1. The van der Waals surface area contributed by atoms with Gasteiger partial charge < -0.3 is 10.2 Å². The Labute approximate surface area is 144 Å². The van der Waals surface area contributed by atoms with Gasteiger partial charge in [0.25, 0.3) is 5.56 Å². The van der Waals surface area contributed by atoms with Crippen LogP contribution in [-0.2, 0) is 11.3 Å². The molecule has 126 valence electrons. The average Bonchev–Trinajstić information content (AvgIpc) is 2.57. The number of hydrogen-bond donors (Lipinski definition) is 1. The highest BCUT2D eigenvalue weighted by Gasteiger charge is 2.14. The smallest absolute Gasteiger partial charge is 0.267 e.